The number of esters is 1. The number of hydrogen-bond acceptors (Lipinski definition) is 6. The summed E-state index contributed by atoms with van der Waals surface area (Å²) in [6.45, 7) is 6.74. The number of carbonyl (C=O) groups is 2. The summed E-state index contributed by atoms with van der Waals surface area (Å²) in [5.74, 6) is -0.569. The van der Waals surface area contributed by atoms with Crippen molar-refractivity contribution in [1.29, 1.82) is 0 Å². The third-order valence-corrected chi connectivity index (χ3v) is 14.8. The Balaban J connectivity index is 5.30. The maximum absolute atomic E-state index is 13.6. The van der Waals surface area contributed by atoms with Crippen LogP contribution in [0.5, 0.6) is 0 Å². The smallest absolute Gasteiger partial charge is 0.456 e. The zero-order valence-corrected chi connectivity index (χ0v) is 54.8. The minimum atomic E-state index is -4.48. The van der Waals surface area contributed by atoms with Crippen LogP contribution in [0.1, 0.15) is 252 Å². The van der Waals surface area contributed by atoms with Crippen LogP contribution in [-0.4, -0.2) is 74.3 Å². The Kier molecular flexibility index (Phi) is 58.0. The molecule has 0 rings (SSSR count). The highest BCUT2D eigenvalue weighted by Gasteiger charge is 2.30. The normalized spacial score (nSPS) is 14.5. The molecule has 83 heavy (non-hydrogen) atoms. The molecule has 0 aromatic carbocycles. The van der Waals surface area contributed by atoms with Crippen LogP contribution in [0.4, 0.5) is 0 Å². The van der Waals surface area contributed by atoms with E-state index in [0.29, 0.717) is 23.9 Å². The quantitative estimate of drug-likeness (QED) is 0.0205. The van der Waals surface area contributed by atoms with E-state index in [-0.39, 0.29) is 31.5 Å². The molecule has 0 aliphatic carbocycles. The summed E-state index contributed by atoms with van der Waals surface area (Å²) in [6.07, 6.45) is 88.5. The molecule has 3 unspecified atom stereocenters. The van der Waals surface area contributed by atoms with Gasteiger partial charge in [-0.05, 0) is 128 Å². The number of nitrogens with zero attached hydrogens (tertiary/aromatic N) is 1. The zero-order chi connectivity index (χ0) is 60.7. The number of ether oxygens (including phenoxy) is 1. The van der Waals surface area contributed by atoms with Gasteiger partial charge in [0.15, 0.2) is 0 Å². The lowest BCUT2D eigenvalue weighted by atomic mass is 10.0. The minimum Gasteiger partial charge on any atom is -0.456 e. The van der Waals surface area contributed by atoms with Gasteiger partial charge in [0.25, 0.3) is 0 Å². The molecule has 9 nitrogen and oxygen atoms in total. The van der Waals surface area contributed by atoms with Crippen molar-refractivity contribution < 1.29 is 37.3 Å². The molecular formula is C73H124N2O7P+. The summed E-state index contributed by atoms with van der Waals surface area (Å²) >= 11 is 0. The van der Waals surface area contributed by atoms with Gasteiger partial charge in [0, 0.05) is 12.8 Å². The number of quaternary nitrogens is 1. The molecule has 3 atom stereocenters. The lowest BCUT2D eigenvalue weighted by Gasteiger charge is -2.27. The summed E-state index contributed by atoms with van der Waals surface area (Å²) in [5, 5.41) is 3.04. The second kappa shape index (κ2) is 61.0. The molecule has 10 heteroatoms. The number of unbranched alkanes of at least 4 members (excludes halogenated alkanes) is 20. The Morgan fingerprint density at radius 3 is 1.17 bits per heavy atom. The van der Waals surface area contributed by atoms with E-state index in [2.05, 4.69) is 160 Å². The summed E-state index contributed by atoms with van der Waals surface area (Å²) in [4.78, 5) is 37.8. The van der Waals surface area contributed by atoms with Crippen LogP contribution >= 0.6 is 7.82 Å². The summed E-state index contributed by atoms with van der Waals surface area (Å²) < 4.78 is 30.7. The molecule has 0 aliphatic heterocycles. The number of phosphoric acid groups is 1. The van der Waals surface area contributed by atoms with Gasteiger partial charge >= 0.3 is 13.8 Å². The maximum atomic E-state index is 13.6. The van der Waals surface area contributed by atoms with Gasteiger partial charge in [-0.2, -0.15) is 0 Å². The van der Waals surface area contributed by atoms with Gasteiger partial charge in [-0.1, -0.05) is 257 Å². The molecule has 0 aromatic rings. The number of phosphoric ester groups is 1. The van der Waals surface area contributed by atoms with Gasteiger partial charge in [-0.25, -0.2) is 4.57 Å². The van der Waals surface area contributed by atoms with E-state index in [1.165, 1.54) is 57.8 Å². The Bertz CT molecular complexity index is 1930. The van der Waals surface area contributed by atoms with E-state index >= 15 is 0 Å². The first-order chi connectivity index (χ1) is 40.4. The molecule has 1 amide bonds. The molecule has 0 aromatic heterocycles. The van der Waals surface area contributed by atoms with Crippen LogP contribution < -0.4 is 5.32 Å². The van der Waals surface area contributed by atoms with Crippen LogP contribution in [0.15, 0.2) is 146 Å². The fourth-order valence-electron chi connectivity index (χ4n) is 8.73. The molecule has 0 saturated carbocycles. The molecule has 0 bridgehead atoms. The Morgan fingerprint density at radius 2 is 0.771 bits per heavy atom. The number of hydrogen-bond donors (Lipinski definition) is 2. The fraction of sp³-hybridized carbons (Fsp3) is 0.644. The predicted octanol–water partition coefficient (Wildman–Crippen LogP) is 21.0. The number of amides is 1. The zero-order valence-electron chi connectivity index (χ0n) is 53.9. The summed E-state index contributed by atoms with van der Waals surface area (Å²) in [6, 6.07) is -0.883. The number of nitrogens with one attached hydrogen (secondary N) is 1. The van der Waals surface area contributed by atoms with Gasteiger partial charge in [-0.15, -0.1) is 0 Å². The van der Waals surface area contributed by atoms with Crippen molar-refractivity contribution >= 4 is 19.7 Å². The van der Waals surface area contributed by atoms with E-state index in [1.54, 1.807) is 0 Å². The number of allylic oxidation sites excluding steroid dienone is 23. The third-order valence-electron chi connectivity index (χ3n) is 13.8. The molecule has 0 aliphatic rings. The molecule has 0 radical (unpaired) electrons. The van der Waals surface area contributed by atoms with Crippen molar-refractivity contribution in [3.8, 4) is 0 Å². The first-order valence-corrected chi connectivity index (χ1v) is 34.7. The van der Waals surface area contributed by atoms with Gasteiger partial charge in [0.1, 0.15) is 19.3 Å². The van der Waals surface area contributed by atoms with Crippen molar-refractivity contribution in [3.05, 3.63) is 146 Å². The average molecular weight is 1170 g/mol. The van der Waals surface area contributed by atoms with Crippen LogP contribution in [-0.2, 0) is 27.9 Å². The van der Waals surface area contributed by atoms with Gasteiger partial charge in [-0.3, -0.25) is 18.6 Å². The number of likely N-dealkylation sites (N-methyl/N-ethyl adjacent to an activating group) is 1. The predicted molar refractivity (Wildman–Crippen MR) is 359 cm³/mol. The second-order valence-electron chi connectivity index (χ2n) is 22.9. The van der Waals surface area contributed by atoms with Crippen molar-refractivity contribution in [1.82, 2.24) is 5.32 Å². The molecule has 0 saturated heterocycles. The maximum Gasteiger partial charge on any atom is 0.472 e. The molecular weight excluding hydrogens is 1050 g/mol. The highest BCUT2D eigenvalue weighted by molar-refractivity contribution is 7.47. The van der Waals surface area contributed by atoms with Crippen LogP contribution in [0.3, 0.4) is 0 Å². The number of rotatable bonds is 58. The standard InChI is InChI=1S/C73H123N2O7P/c1-7-10-13-16-19-22-25-28-30-32-34-35-36-37-38-39-41-42-44-47-50-53-56-59-62-65-72(76)74-70(69-81-83(78,79)80-68-67-75(4,5)6)71(64-61-58-55-52-49-46-27-24-21-18-15-12-9-3)82-73(77)66-63-60-57-54-51-48-45-43-40-33-31-29-26-23-20-17-14-11-8-2/h10-11,13-14,19-20,22-23,28-31,34-35,37-38,40-43,48,51,61,64,70-71H,7-9,12,15-18,21,24-27,32-33,36,39,44-47,49-50,52-60,62-63,65-69H2,1-6H3,(H-,74,76,78,79)/p+1/b13-10-,14-11-,22-19-,23-20-,30-28-,31-29-,35-34-,38-37-,42-41-,43-40-,51-48-,64-61-. The van der Waals surface area contributed by atoms with Gasteiger partial charge < -0.3 is 19.4 Å². The largest absolute Gasteiger partial charge is 0.472 e. The van der Waals surface area contributed by atoms with E-state index in [4.69, 9.17) is 13.8 Å². The van der Waals surface area contributed by atoms with E-state index in [0.717, 1.165) is 154 Å². The lowest BCUT2D eigenvalue weighted by molar-refractivity contribution is -0.870. The van der Waals surface area contributed by atoms with Gasteiger partial charge in [0.2, 0.25) is 5.91 Å². The van der Waals surface area contributed by atoms with Gasteiger partial charge in [0.05, 0.1) is 33.8 Å². The van der Waals surface area contributed by atoms with E-state index < -0.39 is 20.0 Å². The number of carbonyl (C=O) groups excluding carboxylic acids is 2. The molecule has 0 heterocycles. The van der Waals surface area contributed by atoms with Crippen LogP contribution in [0.25, 0.3) is 0 Å². The first kappa shape index (κ1) is 78.9. The SMILES string of the molecule is CC/C=C\C/C=C\C/C=C\C/C=C\C/C=C\C/C=C\CCCCCCCCC(=O)NC(COP(=O)(O)OCC[N+](C)(C)C)C(/C=C\CCCCCCCCCCCCC)OC(=O)CCCCC/C=C\C/C=C\C/C=C\C/C=C\C/C=C\CC. The van der Waals surface area contributed by atoms with Crippen molar-refractivity contribution in [2.24, 2.45) is 0 Å². The second-order valence-corrected chi connectivity index (χ2v) is 24.3. The Hall–Kier alpha value is -4.11. The summed E-state index contributed by atoms with van der Waals surface area (Å²) in [5.41, 5.74) is 0. The van der Waals surface area contributed by atoms with Crippen molar-refractivity contribution in [3.63, 3.8) is 0 Å². The Morgan fingerprint density at radius 1 is 0.434 bits per heavy atom. The third kappa shape index (κ3) is 62.2. The highest BCUT2D eigenvalue weighted by Crippen LogP contribution is 2.43. The molecule has 0 fully saturated rings. The van der Waals surface area contributed by atoms with E-state index in [9.17, 15) is 19.0 Å². The Labute approximate surface area is 510 Å². The van der Waals surface area contributed by atoms with Crippen molar-refractivity contribution in [2.45, 2.75) is 264 Å². The van der Waals surface area contributed by atoms with E-state index in [1.807, 2.05) is 33.3 Å². The van der Waals surface area contributed by atoms with Crippen LogP contribution in [0.2, 0.25) is 0 Å². The minimum absolute atomic E-state index is 0.0230. The highest BCUT2D eigenvalue weighted by atomic mass is 31.2. The fourth-order valence-corrected chi connectivity index (χ4v) is 9.47. The molecule has 472 valence electrons. The average Bonchev–Trinajstić information content (AvgIpc) is 3.46. The van der Waals surface area contributed by atoms with Crippen molar-refractivity contribution in [2.75, 3.05) is 40.9 Å². The lowest BCUT2D eigenvalue weighted by Crippen LogP contribution is -2.47. The first-order valence-electron chi connectivity index (χ1n) is 33.2. The topological polar surface area (TPSA) is 111 Å². The monoisotopic (exact) mass is 1170 g/mol. The summed E-state index contributed by atoms with van der Waals surface area (Å²) in [7, 11) is 1.44. The molecule has 0 spiro atoms. The molecule has 2 N–H and O–H groups in total. The van der Waals surface area contributed by atoms with Crippen LogP contribution in [0, 0.1) is 0 Å².